The molecule has 2 bridgehead atoms. The van der Waals surface area contributed by atoms with Gasteiger partial charge in [0.25, 0.3) is 5.91 Å². The van der Waals surface area contributed by atoms with Gasteiger partial charge in [0.05, 0.1) is 19.3 Å². The monoisotopic (exact) mass is 524 g/mol. The number of amides is 2. The van der Waals surface area contributed by atoms with Gasteiger partial charge in [0.15, 0.2) is 0 Å². The lowest BCUT2D eigenvalue weighted by Crippen LogP contribution is -2.53. The van der Waals surface area contributed by atoms with Crippen molar-refractivity contribution in [1.82, 2.24) is 14.8 Å². The Kier molecular flexibility index (Phi) is 5.99. The smallest absolute Gasteiger partial charge is 0.251 e. The third kappa shape index (κ3) is 4.06. The first-order chi connectivity index (χ1) is 19.0. The Bertz CT molecular complexity index is 1500. The number of aromatic nitrogens is 1. The maximum absolute atomic E-state index is 14.2. The summed E-state index contributed by atoms with van der Waals surface area (Å²) in [4.78, 5) is 28.4. The molecule has 1 aromatic heterocycles. The number of fused-ring (bicyclic) bond motifs is 7. The van der Waals surface area contributed by atoms with Crippen molar-refractivity contribution in [3.05, 3.63) is 58.7 Å². The van der Waals surface area contributed by atoms with Crippen LogP contribution >= 0.6 is 0 Å². The van der Waals surface area contributed by atoms with Crippen LogP contribution < -0.4 is 15.8 Å². The first-order valence-corrected chi connectivity index (χ1v) is 14.4. The summed E-state index contributed by atoms with van der Waals surface area (Å²) in [6.07, 6.45) is 10.3. The molecule has 4 heterocycles. The van der Waals surface area contributed by atoms with Crippen molar-refractivity contribution in [2.45, 2.75) is 69.5 Å². The number of nitrogens with zero attached hydrogens (tertiary/aromatic N) is 2. The molecule has 2 saturated heterocycles. The second-order valence-electron chi connectivity index (χ2n) is 11.7. The summed E-state index contributed by atoms with van der Waals surface area (Å²) in [5.74, 6) is 0.844. The van der Waals surface area contributed by atoms with Gasteiger partial charge in [-0.1, -0.05) is 37.5 Å². The van der Waals surface area contributed by atoms with Crippen LogP contribution in [0.3, 0.4) is 0 Å². The van der Waals surface area contributed by atoms with Gasteiger partial charge in [-0.2, -0.15) is 0 Å². The molecule has 7 heteroatoms. The molecule has 3 aliphatic heterocycles. The number of nitrogens with two attached hydrogens (primary N) is 1. The molecule has 0 radical (unpaired) electrons. The first-order valence-electron chi connectivity index (χ1n) is 14.4. The molecule has 1 saturated carbocycles. The first kappa shape index (κ1) is 24.5. The standard InChI is InChI=1S/C32H36N4O3/c1-39-28-9-5-8-24-26(28)14-21(32(38)35-17-22-11-12-23(18-35)34-22)16-36-27-15-20(31(33)37)10-13-25(27)29(30(24)36)19-6-3-2-4-7-19/h5,8-10,13-15,19,22-23,34H,2-4,6-7,11-12,16-18H2,1H3,(H2,33,37). The molecule has 0 spiro atoms. The number of piperazine rings is 1. The number of likely N-dealkylation sites (tertiary alicyclic amines) is 1. The van der Waals surface area contributed by atoms with Gasteiger partial charge in [-0.05, 0) is 61.4 Å². The molecule has 2 amide bonds. The van der Waals surface area contributed by atoms with Gasteiger partial charge in [0, 0.05) is 58.3 Å². The normalized spacial score (nSPS) is 22.7. The average molecular weight is 525 g/mol. The Morgan fingerprint density at radius 1 is 1.00 bits per heavy atom. The maximum Gasteiger partial charge on any atom is 0.251 e. The van der Waals surface area contributed by atoms with Crippen molar-refractivity contribution < 1.29 is 14.3 Å². The van der Waals surface area contributed by atoms with Gasteiger partial charge in [0.2, 0.25) is 5.91 Å². The third-order valence-electron chi connectivity index (χ3n) is 9.37. The number of hydrogen-bond donors (Lipinski definition) is 2. The predicted molar refractivity (Wildman–Crippen MR) is 153 cm³/mol. The fourth-order valence-corrected chi connectivity index (χ4v) is 7.55. The second kappa shape index (κ2) is 9.56. The number of benzene rings is 2. The maximum atomic E-state index is 14.2. The number of methoxy groups -OCH3 is 1. The Hall–Kier alpha value is -3.58. The predicted octanol–water partition coefficient (Wildman–Crippen LogP) is 4.82. The SMILES string of the molecule is COc1cccc2c1C=C(C(=O)N1CC3CCC(C1)N3)Cn1c-2c(C2CCCCC2)c2ccc(C(N)=O)cc21. The summed E-state index contributed by atoms with van der Waals surface area (Å²) < 4.78 is 8.14. The van der Waals surface area contributed by atoms with Crippen molar-refractivity contribution in [2.75, 3.05) is 20.2 Å². The fourth-order valence-electron chi connectivity index (χ4n) is 7.55. The molecule has 3 fully saturated rings. The van der Waals surface area contributed by atoms with E-state index < -0.39 is 5.91 Å². The van der Waals surface area contributed by atoms with Crippen molar-refractivity contribution in [2.24, 2.45) is 5.73 Å². The van der Waals surface area contributed by atoms with Crippen LogP contribution in [0.1, 0.15) is 72.3 Å². The number of hydrogen-bond acceptors (Lipinski definition) is 4. The molecular formula is C32H36N4O3. The molecular weight excluding hydrogens is 488 g/mol. The lowest BCUT2D eigenvalue weighted by atomic mass is 9.81. The highest BCUT2D eigenvalue weighted by atomic mass is 16.5. The van der Waals surface area contributed by atoms with E-state index in [2.05, 4.69) is 28.1 Å². The molecule has 39 heavy (non-hydrogen) atoms. The molecule has 202 valence electrons. The minimum atomic E-state index is -0.439. The summed E-state index contributed by atoms with van der Waals surface area (Å²) in [6.45, 7) is 1.92. The quantitative estimate of drug-likeness (QED) is 0.512. The van der Waals surface area contributed by atoms with Crippen LogP contribution in [0, 0.1) is 0 Å². The van der Waals surface area contributed by atoms with Crippen LogP contribution in [0.2, 0.25) is 0 Å². The average Bonchev–Trinajstić information content (AvgIpc) is 3.40. The van der Waals surface area contributed by atoms with Crippen molar-refractivity contribution in [3.8, 4) is 17.0 Å². The largest absolute Gasteiger partial charge is 0.496 e. The molecule has 7 rings (SSSR count). The lowest BCUT2D eigenvalue weighted by Gasteiger charge is -2.33. The summed E-state index contributed by atoms with van der Waals surface area (Å²) in [6, 6.07) is 12.8. The van der Waals surface area contributed by atoms with E-state index >= 15 is 0 Å². The van der Waals surface area contributed by atoms with Gasteiger partial charge in [-0.25, -0.2) is 0 Å². The summed E-state index contributed by atoms with van der Waals surface area (Å²) >= 11 is 0. The van der Waals surface area contributed by atoms with Crippen molar-refractivity contribution in [3.63, 3.8) is 0 Å². The number of carbonyl (C=O) groups excluding carboxylic acids is 2. The Balaban J connectivity index is 1.45. The molecule has 3 N–H and O–H groups in total. The van der Waals surface area contributed by atoms with Gasteiger partial charge in [-0.15, -0.1) is 0 Å². The zero-order chi connectivity index (χ0) is 26.7. The molecule has 2 unspecified atom stereocenters. The van der Waals surface area contributed by atoms with Crippen LogP contribution in [0.5, 0.6) is 5.75 Å². The Morgan fingerprint density at radius 2 is 1.77 bits per heavy atom. The zero-order valence-corrected chi connectivity index (χ0v) is 22.5. The molecule has 2 aromatic carbocycles. The highest BCUT2D eigenvalue weighted by molar-refractivity contribution is 6.04. The van der Waals surface area contributed by atoms with E-state index in [4.69, 9.17) is 10.5 Å². The van der Waals surface area contributed by atoms with Gasteiger partial charge in [0.1, 0.15) is 5.75 Å². The van der Waals surface area contributed by atoms with Crippen LogP contribution in [0.15, 0.2) is 42.0 Å². The molecule has 1 aliphatic carbocycles. The van der Waals surface area contributed by atoms with Crippen LogP contribution in [0.25, 0.3) is 28.2 Å². The van der Waals surface area contributed by atoms with E-state index in [1.165, 1.54) is 24.8 Å². The fraction of sp³-hybridized carbons (Fsp3) is 0.438. The highest BCUT2D eigenvalue weighted by Gasteiger charge is 2.37. The minimum Gasteiger partial charge on any atom is -0.496 e. The van der Waals surface area contributed by atoms with E-state index in [0.29, 0.717) is 30.1 Å². The number of rotatable bonds is 4. The third-order valence-corrected chi connectivity index (χ3v) is 9.37. The van der Waals surface area contributed by atoms with E-state index in [1.807, 2.05) is 29.2 Å². The van der Waals surface area contributed by atoms with Crippen molar-refractivity contribution >= 4 is 28.8 Å². The molecule has 3 aromatic rings. The highest BCUT2D eigenvalue weighted by Crippen LogP contribution is 2.48. The zero-order valence-electron chi connectivity index (χ0n) is 22.5. The molecule has 4 aliphatic rings. The van der Waals surface area contributed by atoms with E-state index in [9.17, 15) is 9.59 Å². The van der Waals surface area contributed by atoms with Crippen LogP contribution in [-0.2, 0) is 11.3 Å². The number of primary amides is 1. The summed E-state index contributed by atoms with van der Waals surface area (Å²) in [5, 5.41) is 4.80. The summed E-state index contributed by atoms with van der Waals surface area (Å²) in [5.41, 5.74) is 12.5. The Labute approximate surface area is 229 Å². The van der Waals surface area contributed by atoms with Gasteiger partial charge >= 0.3 is 0 Å². The minimum absolute atomic E-state index is 0.0882. The van der Waals surface area contributed by atoms with Crippen LogP contribution in [-0.4, -0.2) is 53.6 Å². The topological polar surface area (TPSA) is 89.6 Å². The van der Waals surface area contributed by atoms with E-state index in [1.54, 1.807) is 7.11 Å². The second-order valence-corrected chi connectivity index (χ2v) is 11.7. The number of carbonyl (C=O) groups is 2. The Morgan fingerprint density at radius 3 is 2.49 bits per heavy atom. The number of nitrogens with one attached hydrogen (secondary N) is 1. The number of ether oxygens (including phenoxy) is 1. The van der Waals surface area contributed by atoms with E-state index in [-0.39, 0.29) is 5.91 Å². The molecule has 2 atom stereocenters. The van der Waals surface area contributed by atoms with Crippen LogP contribution in [0.4, 0.5) is 0 Å². The lowest BCUT2D eigenvalue weighted by molar-refractivity contribution is -0.128. The van der Waals surface area contributed by atoms with E-state index in [0.717, 1.165) is 77.8 Å². The molecule has 7 nitrogen and oxygen atoms in total. The van der Waals surface area contributed by atoms with Gasteiger partial charge in [-0.3, -0.25) is 9.59 Å². The van der Waals surface area contributed by atoms with Gasteiger partial charge < -0.3 is 25.3 Å². The van der Waals surface area contributed by atoms with Crippen molar-refractivity contribution in [1.29, 1.82) is 0 Å². The summed E-state index contributed by atoms with van der Waals surface area (Å²) in [7, 11) is 1.70.